The Kier molecular flexibility index (Phi) is 4.91. The molecule has 0 aliphatic carbocycles. The number of aromatic nitrogens is 1. The van der Waals surface area contributed by atoms with Gasteiger partial charge in [-0.1, -0.05) is 18.2 Å². The maximum absolute atomic E-state index is 13.0. The van der Waals surface area contributed by atoms with Gasteiger partial charge in [0.05, 0.1) is 4.90 Å². The summed E-state index contributed by atoms with van der Waals surface area (Å²) in [5, 5.41) is 1.82. The molecule has 128 valence electrons. The van der Waals surface area contributed by atoms with Crippen molar-refractivity contribution < 1.29 is 17.6 Å². The summed E-state index contributed by atoms with van der Waals surface area (Å²) >= 11 is 1.12. The molecule has 0 unspecified atom stereocenters. The lowest BCUT2D eigenvalue weighted by atomic mass is 10.1. The first-order valence-electron chi connectivity index (χ1n) is 7.24. The van der Waals surface area contributed by atoms with E-state index < -0.39 is 28.2 Å². The molecule has 0 bridgehead atoms. The van der Waals surface area contributed by atoms with Crippen LogP contribution in [-0.4, -0.2) is 25.7 Å². The number of thiazole rings is 1. The lowest BCUT2D eigenvalue weighted by Gasteiger charge is -2.21. The summed E-state index contributed by atoms with van der Waals surface area (Å²) < 4.78 is 39.9. The molecule has 5 nitrogen and oxygen atoms in total. The second kappa shape index (κ2) is 7.12. The monoisotopic (exact) mass is 376 g/mol. The summed E-state index contributed by atoms with van der Waals surface area (Å²) in [4.78, 5) is 16.6. The van der Waals surface area contributed by atoms with E-state index in [1.807, 2.05) is 0 Å². The van der Waals surface area contributed by atoms with Gasteiger partial charge in [-0.05, 0) is 36.4 Å². The highest BCUT2D eigenvalue weighted by atomic mass is 32.2. The van der Waals surface area contributed by atoms with E-state index in [4.69, 9.17) is 0 Å². The Balaban J connectivity index is 1.96. The normalized spacial score (nSPS) is 11.2. The molecule has 0 saturated heterocycles. The number of sulfonamides is 1. The largest absolute Gasteiger partial charge is 0.292 e. The average Bonchev–Trinajstić information content (AvgIpc) is 3.15. The van der Waals surface area contributed by atoms with Crippen molar-refractivity contribution in [2.75, 3.05) is 10.8 Å². The first kappa shape index (κ1) is 17.2. The third-order valence-electron chi connectivity index (χ3n) is 3.42. The highest BCUT2D eigenvalue weighted by molar-refractivity contribution is 7.93. The van der Waals surface area contributed by atoms with Crippen LogP contribution in [0.3, 0.4) is 0 Å². The standard InChI is InChI=1S/C17H13FN2O3S2/c18-14-8-6-13(7-9-14)16(21)12-20(17-19-10-11-24-17)25(22,23)15-4-2-1-3-5-15/h1-11H,12H2. The number of nitrogens with zero attached hydrogens (tertiary/aromatic N) is 2. The molecule has 0 aliphatic rings. The molecule has 3 aromatic rings. The van der Waals surface area contributed by atoms with E-state index in [1.165, 1.54) is 30.5 Å². The molecule has 0 amide bonds. The lowest BCUT2D eigenvalue weighted by Crippen LogP contribution is -2.35. The molecular weight excluding hydrogens is 363 g/mol. The molecule has 3 rings (SSSR count). The summed E-state index contributed by atoms with van der Waals surface area (Å²) in [5.41, 5.74) is 0.228. The Labute approximate surface area is 148 Å². The maximum atomic E-state index is 13.0. The van der Waals surface area contributed by atoms with Crippen LogP contribution in [0.2, 0.25) is 0 Å². The number of benzene rings is 2. The van der Waals surface area contributed by atoms with Crippen LogP contribution in [0.5, 0.6) is 0 Å². The highest BCUT2D eigenvalue weighted by Crippen LogP contribution is 2.25. The Hall–Kier alpha value is -2.58. The van der Waals surface area contributed by atoms with Gasteiger partial charge < -0.3 is 0 Å². The van der Waals surface area contributed by atoms with Gasteiger partial charge in [0.25, 0.3) is 10.0 Å². The SMILES string of the molecule is O=C(CN(c1nccs1)S(=O)(=O)c1ccccc1)c1ccc(F)cc1. The summed E-state index contributed by atoms with van der Waals surface area (Å²) in [6.45, 7) is -0.420. The summed E-state index contributed by atoms with van der Waals surface area (Å²) in [6, 6.07) is 12.8. The first-order valence-corrected chi connectivity index (χ1v) is 9.56. The van der Waals surface area contributed by atoms with E-state index >= 15 is 0 Å². The molecule has 0 radical (unpaired) electrons. The second-order valence-electron chi connectivity index (χ2n) is 5.07. The molecule has 0 spiro atoms. The third-order valence-corrected chi connectivity index (χ3v) is 6.08. The summed E-state index contributed by atoms with van der Waals surface area (Å²) in [5.74, 6) is -0.917. The van der Waals surface area contributed by atoms with E-state index in [0.717, 1.165) is 27.8 Å². The molecular formula is C17H13FN2O3S2. The van der Waals surface area contributed by atoms with Gasteiger partial charge in [-0.15, -0.1) is 11.3 Å². The molecule has 1 aromatic heterocycles. The number of hydrogen-bond acceptors (Lipinski definition) is 5. The molecule has 8 heteroatoms. The Morgan fingerprint density at radius 1 is 1.08 bits per heavy atom. The third kappa shape index (κ3) is 3.75. The van der Waals surface area contributed by atoms with Crippen LogP contribution in [0, 0.1) is 5.82 Å². The van der Waals surface area contributed by atoms with Crippen LogP contribution in [0.4, 0.5) is 9.52 Å². The minimum Gasteiger partial charge on any atom is -0.292 e. The van der Waals surface area contributed by atoms with Crippen LogP contribution in [0.15, 0.2) is 71.1 Å². The molecule has 25 heavy (non-hydrogen) atoms. The number of hydrogen-bond donors (Lipinski definition) is 0. The Bertz CT molecular complexity index is 957. The van der Waals surface area contributed by atoms with E-state index in [9.17, 15) is 17.6 Å². The molecule has 0 saturated carbocycles. The van der Waals surface area contributed by atoms with Crippen molar-refractivity contribution in [2.24, 2.45) is 0 Å². The van der Waals surface area contributed by atoms with Gasteiger partial charge in [0, 0.05) is 17.1 Å². The first-order chi connectivity index (χ1) is 12.0. The van der Waals surface area contributed by atoms with Crippen molar-refractivity contribution in [3.63, 3.8) is 0 Å². The van der Waals surface area contributed by atoms with Crippen molar-refractivity contribution >= 4 is 32.3 Å². The van der Waals surface area contributed by atoms with Gasteiger partial charge in [0.2, 0.25) is 0 Å². The van der Waals surface area contributed by atoms with E-state index in [-0.39, 0.29) is 15.6 Å². The average molecular weight is 376 g/mol. The fourth-order valence-corrected chi connectivity index (χ4v) is 4.44. The highest BCUT2D eigenvalue weighted by Gasteiger charge is 2.29. The number of Topliss-reactive ketones (excluding diaryl/α,β-unsaturated/α-hetero) is 1. The number of carbonyl (C=O) groups excluding carboxylic acids is 1. The summed E-state index contributed by atoms with van der Waals surface area (Å²) in [6.07, 6.45) is 1.47. The second-order valence-corrected chi connectivity index (χ2v) is 7.80. The van der Waals surface area contributed by atoms with Gasteiger partial charge >= 0.3 is 0 Å². The van der Waals surface area contributed by atoms with Crippen molar-refractivity contribution in [3.8, 4) is 0 Å². The molecule has 2 aromatic carbocycles. The molecule has 0 N–H and O–H groups in total. The molecule has 1 heterocycles. The fraction of sp³-hybridized carbons (Fsp3) is 0.0588. The number of carbonyl (C=O) groups is 1. The van der Waals surface area contributed by atoms with E-state index in [0.29, 0.717) is 0 Å². The van der Waals surface area contributed by atoms with Crippen LogP contribution in [0.25, 0.3) is 0 Å². The van der Waals surface area contributed by atoms with Gasteiger partial charge in [-0.25, -0.2) is 22.1 Å². The quantitative estimate of drug-likeness (QED) is 0.619. The Morgan fingerprint density at radius 3 is 2.36 bits per heavy atom. The van der Waals surface area contributed by atoms with Gasteiger partial charge in [-0.2, -0.15) is 0 Å². The molecule has 0 fully saturated rings. The number of rotatable bonds is 6. The van der Waals surface area contributed by atoms with E-state index in [1.54, 1.807) is 23.6 Å². The van der Waals surface area contributed by atoms with Gasteiger partial charge in [-0.3, -0.25) is 4.79 Å². The van der Waals surface area contributed by atoms with E-state index in [2.05, 4.69) is 4.98 Å². The smallest absolute Gasteiger partial charge is 0.266 e. The van der Waals surface area contributed by atoms with Crippen molar-refractivity contribution in [1.82, 2.24) is 4.98 Å². The van der Waals surface area contributed by atoms with Crippen molar-refractivity contribution in [3.05, 3.63) is 77.6 Å². The summed E-state index contributed by atoms with van der Waals surface area (Å²) in [7, 11) is -3.95. The van der Waals surface area contributed by atoms with Crippen molar-refractivity contribution in [1.29, 1.82) is 0 Å². The zero-order chi connectivity index (χ0) is 17.9. The van der Waals surface area contributed by atoms with Gasteiger partial charge in [0.15, 0.2) is 10.9 Å². The number of anilines is 1. The lowest BCUT2D eigenvalue weighted by molar-refractivity contribution is 0.100. The zero-order valence-corrected chi connectivity index (χ0v) is 14.5. The number of ketones is 1. The van der Waals surface area contributed by atoms with Crippen LogP contribution in [-0.2, 0) is 10.0 Å². The number of halogens is 1. The minimum atomic E-state index is -3.95. The molecule has 0 aliphatic heterocycles. The predicted molar refractivity (Wildman–Crippen MR) is 93.8 cm³/mol. The molecule has 0 atom stereocenters. The van der Waals surface area contributed by atoms with Crippen LogP contribution in [0.1, 0.15) is 10.4 Å². The van der Waals surface area contributed by atoms with Crippen LogP contribution >= 0.6 is 11.3 Å². The maximum Gasteiger partial charge on any atom is 0.266 e. The minimum absolute atomic E-state index is 0.0668. The van der Waals surface area contributed by atoms with Crippen molar-refractivity contribution in [2.45, 2.75) is 4.90 Å². The predicted octanol–water partition coefficient (Wildman–Crippen LogP) is 3.36. The van der Waals surface area contributed by atoms with Crippen LogP contribution < -0.4 is 4.31 Å². The zero-order valence-electron chi connectivity index (χ0n) is 12.9. The van der Waals surface area contributed by atoms with Gasteiger partial charge in [0.1, 0.15) is 12.4 Å². The Morgan fingerprint density at radius 2 is 1.76 bits per heavy atom. The topological polar surface area (TPSA) is 67.3 Å². The fourth-order valence-electron chi connectivity index (χ4n) is 2.17.